The van der Waals surface area contributed by atoms with Crippen LogP contribution in [0, 0.1) is 5.92 Å². The summed E-state index contributed by atoms with van der Waals surface area (Å²) < 4.78 is 5.22. The number of methoxy groups -OCH3 is 1. The van der Waals surface area contributed by atoms with E-state index in [0.717, 1.165) is 25.7 Å². The number of esters is 1. The number of ether oxygens (including phenoxy) is 1. The molecule has 238 valence electrons. The van der Waals surface area contributed by atoms with E-state index < -0.39 is 0 Å². The average Bonchev–Trinajstić information content (AvgIpc) is 3.74. The van der Waals surface area contributed by atoms with Crippen LogP contribution in [0.5, 0.6) is 0 Å². The molecule has 0 aliphatic heterocycles. The number of hydrogen-bond donors (Lipinski definition) is 0. The zero-order chi connectivity index (χ0) is 32.8. The van der Waals surface area contributed by atoms with Crippen molar-refractivity contribution >= 4 is 115 Å². The Morgan fingerprint density at radius 2 is 1.50 bits per heavy atom. The van der Waals surface area contributed by atoms with Crippen LogP contribution in [-0.2, 0) is 26.8 Å². The van der Waals surface area contributed by atoms with Crippen molar-refractivity contribution in [3.8, 4) is 0 Å². The van der Waals surface area contributed by atoms with Crippen LogP contribution in [0.4, 0.5) is 0 Å². The van der Waals surface area contributed by atoms with Crippen molar-refractivity contribution in [1.29, 1.82) is 0 Å². The van der Waals surface area contributed by atoms with E-state index in [2.05, 4.69) is 60.7 Å². The molecule has 5 unspecified atom stereocenters. The Morgan fingerprint density at radius 1 is 0.750 bits per heavy atom. The molecule has 2 heteroatoms. The summed E-state index contributed by atoms with van der Waals surface area (Å²) in [5, 5.41) is 30.3. The first-order valence-electron chi connectivity index (χ1n) is 19.6. The van der Waals surface area contributed by atoms with Crippen molar-refractivity contribution in [1.82, 2.24) is 0 Å². The number of carbonyl (C=O) groups is 1. The molecule has 5 atom stereocenters. The lowest BCUT2D eigenvalue weighted by molar-refractivity contribution is -0.140. The Hall–Kier alpha value is -5.47. The maximum Gasteiger partial charge on any atom is 0.305 e. The highest BCUT2D eigenvalue weighted by atomic mass is 16.5. The van der Waals surface area contributed by atoms with E-state index in [0.29, 0.717) is 24.2 Å². The third-order valence-corrected chi connectivity index (χ3v) is 17.2. The lowest BCUT2D eigenvalue weighted by Gasteiger charge is -2.33. The molecule has 0 heterocycles. The molecule has 11 aromatic carbocycles. The predicted octanol–water partition coefficient (Wildman–Crippen LogP) is 10.6. The number of rotatable bonds is 5. The van der Waals surface area contributed by atoms with Gasteiger partial charge >= 0.3 is 5.97 Å². The molecule has 0 aromatic heterocycles. The summed E-state index contributed by atoms with van der Waals surface area (Å²) in [6.07, 6.45) is 9.94. The van der Waals surface area contributed by atoms with E-state index >= 15 is 0 Å². The summed E-state index contributed by atoms with van der Waals surface area (Å²) in [7, 11) is 1.54. The maximum atomic E-state index is 12.7. The molecule has 7 aliphatic carbocycles. The smallest absolute Gasteiger partial charge is 0.305 e. The fourth-order valence-corrected chi connectivity index (χ4v) is 16.3. The summed E-state index contributed by atoms with van der Waals surface area (Å²) in [4.78, 5) is 12.7. The van der Waals surface area contributed by atoms with Crippen molar-refractivity contribution in [3.63, 3.8) is 0 Å². The van der Waals surface area contributed by atoms with Gasteiger partial charge in [-0.05, 0) is 184 Å². The van der Waals surface area contributed by atoms with Crippen LogP contribution in [0.25, 0.3) is 109 Å². The minimum atomic E-state index is -0.0864. The van der Waals surface area contributed by atoms with Gasteiger partial charge in [-0.3, -0.25) is 4.79 Å². The van der Waals surface area contributed by atoms with Gasteiger partial charge in [-0.1, -0.05) is 54.6 Å². The average molecular weight is 659 g/mol. The first-order valence-corrected chi connectivity index (χ1v) is 19.6. The molecule has 11 aromatic rings. The van der Waals surface area contributed by atoms with Crippen LogP contribution >= 0.6 is 0 Å². The Kier molecular flexibility index (Phi) is 2.95. The molecule has 1 spiro atoms. The van der Waals surface area contributed by atoms with Gasteiger partial charge in [0.2, 0.25) is 0 Å². The van der Waals surface area contributed by atoms with Gasteiger partial charge in [0, 0.05) is 35.0 Å². The van der Waals surface area contributed by atoms with Crippen molar-refractivity contribution in [2.24, 2.45) is 5.92 Å². The molecule has 2 nitrogen and oxygen atoms in total. The monoisotopic (exact) mass is 658 g/mol. The van der Waals surface area contributed by atoms with Gasteiger partial charge in [-0.15, -0.1) is 0 Å². The maximum absolute atomic E-state index is 12.7. The molecule has 0 bridgehead atoms. The molecule has 0 amide bonds. The third kappa shape index (κ3) is 1.75. The number of benzene rings is 8. The predicted molar refractivity (Wildman–Crippen MR) is 210 cm³/mol. The molecule has 0 N–H and O–H groups in total. The van der Waals surface area contributed by atoms with E-state index in [1.54, 1.807) is 136 Å². The number of carbonyl (C=O) groups excluding carboxylic acids is 1. The van der Waals surface area contributed by atoms with Crippen molar-refractivity contribution < 1.29 is 9.53 Å². The van der Waals surface area contributed by atoms with Crippen LogP contribution in [0.1, 0.15) is 82.0 Å². The zero-order valence-electron chi connectivity index (χ0n) is 28.4. The SMILES string of the molecule is COC(=O)CCCC1(c2ccccc2)C2c3cc4c5c6c(cc7cc8c9c%10c%11c%12c%13c%14c%15c(c%16c3c5c(c%16%13)c3c6c7c(c8%10)c%123)C21CC%15=CC(C=9)C%14%11)C4. The van der Waals surface area contributed by atoms with Gasteiger partial charge in [0.15, 0.2) is 0 Å². The Bertz CT molecular complexity index is 3790. The highest BCUT2D eigenvalue weighted by molar-refractivity contribution is 6.61. The van der Waals surface area contributed by atoms with Gasteiger partial charge in [-0.2, -0.15) is 0 Å². The normalized spacial score (nSPS) is 27.7. The van der Waals surface area contributed by atoms with Gasteiger partial charge in [0.1, 0.15) is 0 Å². The van der Waals surface area contributed by atoms with Crippen molar-refractivity contribution in [2.45, 2.75) is 54.8 Å². The molecule has 52 heavy (non-hydrogen) atoms. The molecule has 0 radical (unpaired) electrons. The van der Waals surface area contributed by atoms with Gasteiger partial charge in [-0.25, -0.2) is 0 Å². The fourth-order valence-electron chi connectivity index (χ4n) is 16.3. The van der Waals surface area contributed by atoms with Crippen LogP contribution < -0.4 is 5.22 Å². The number of allylic oxidation sites excluding steroid dienone is 2. The summed E-state index contributed by atoms with van der Waals surface area (Å²) in [6, 6.07) is 19.5. The molecule has 1 fully saturated rings. The minimum absolute atomic E-state index is 0.00599. The second kappa shape index (κ2) is 6.43. The van der Waals surface area contributed by atoms with E-state index in [1.807, 2.05) is 0 Å². The van der Waals surface area contributed by atoms with Crippen LogP contribution in [0.2, 0.25) is 0 Å². The van der Waals surface area contributed by atoms with Crippen molar-refractivity contribution in [2.75, 3.05) is 7.11 Å². The molecule has 7 aliphatic rings. The molecular weight excluding hydrogens is 633 g/mol. The number of hydrogen-bond acceptors (Lipinski definition) is 2. The van der Waals surface area contributed by atoms with E-state index in [-0.39, 0.29) is 16.8 Å². The second-order valence-electron chi connectivity index (χ2n) is 18.2. The molecule has 0 saturated heterocycles. The van der Waals surface area contributed by atoms with E-state index in [9.17, 15) is 4.79 Å². The second-order valence-corrected chi connectivity index (χ2v) is 18.2. The Balaban J connectivity index is 1.15. The Morgan fingerprint density at radius 3 is 2.37 bits per heavy atom. The highest BCUT2D eigenvalue weighted by Gasteiger charge is 2.81. The molecule has 1 saturated carbocycles. The quantitative estimate of drug-likeness (QED) is 0.136. The Labute approximate surface area is 295 Å². The summed E-state index contributed by atoms with van der Waals surface area (Å²) in [5.74, 6) is 1.14. The fraction of sp³-hybridized carbons (Fsp3) is 0.220. The largest absolute Gasteiger partial charge is 0.469 e. The van der Waals surface area contributed by atoms with Gasteiger partial charge in [0.25, 0.3) is 0 Å². The van der Waals surface area contributed by atoms with Crippen LogP contribution in [0.15, 0.2) is 54.6 Å². The highest BCUT2D eigenvalue weighted by Crippen LogP contribution is 2.87. The van der Waals surface area contributed by atoms with Gasteiger partial charge in [0.05, 0.1) is 7.11 Å². The first-order chi connectivity index (χ1) is 25.7. The first kappa shape index (κ1) is 23.9. The summed E-state index contributed by atoms with van der Waals surface area (Å²) in [5.41, 5.74) is 14.5. The minimum Gasteiger partial charge on any atom is -0.469 e. The van der Waals surface area contributed by atoms with Crippen LogP contribution in [0.3, 0.4) is 0 Å². The standard InChI is InChI=1S/C50H26O2/c1-52-26(51)8-5-9-49(22-6-3-2-4-7-22)48-25-15-19-11-17-10-18-13-23-24-14-20-12-21-16-50(48,49)47-31(21)36-30(20)39-33(24)32(23)38-29(18)35-27(17)28(19)37-34(25)46(47)45-41(36)43(39)42(38)40(35)44(37)45/h2-4,6-7,10,12-15,20,30,48H,5,8-9,11,16H2,1H3. The zero-order valence-corrected chi connectivity index (χ0v) is 28.4. The van der Waals surface area contributed by atoms with E-state index in [4.69, 9.17) is 4.74 Å². The van der Waals surface area contributed by atoms with E-state index in [1.165, 1.54) is 23.4 Å². The molecular formula is C50H26O2. The lowest BCUT2D eigenvalue weighted by atomic mass is 9.69. The third-order valence-electron chi connectivity index (χ3n) is 17.2. The van der Waals surface area contributed by atoms with Crippen LogP contribution in [-0.4, -0.2) is 13.1 Å². The topological polar surface area (TPSA) is 26.3 Å². The molecule has 18 rings (SSSR count). The summed E-state index contributed by atoms with van der Waals surface area (Å²) >= 11 is 0. The lowest BCUT2D eigenvalue weighted by Crippen LogP contribution is -2.26. The number of fused-ring (bicyclic) bond motifs is 2. The van der Waals surface area contributed by atoms with Gasteiger partial charge < -0.3 is 4.74 Å². The van der Waals surface area contributed by atoms with Crippen molar-refractivity contribution in [3.05, 3.63) is 104 Å². The summed E-state index contributed by atoms with van der Waals surface area (Å²) in [6.45, 7) is 0.